The van der Waals surface area contributed by atoms with E-state index in [4.69, 9.17) is 9.26 Å². The Morgan fingerprint density at radius 3 is 2.81 bits per heavy atom. The lowest BCUT2D eigenvalue weighted by Crippen LogP contribution is -2.11. The van der Waals surface area contributed by atoms with E-state index in [-0.39, 0.29) is 18.5 Å². The summed E-state index contributed by atoms with van der Waals surface area (Å²) in [5.74, 6) is 0.976. The van der Waals surface area contributed by atoms with Crippen molar-refractivity contribution in [3.63, 3.8) is 0 Å². The second-order valence-electron chi connectivity index (χ2n) is 3.89. The SMILES string of the molecule is CCCc1noc(CCC(=O)OC(C)C)n1. The van der Waals surface area contributed by atoms with Crippen molar-refractivity contribution in [2.24, 2.45) is 0 Å². The quantitative estimate of drug-likeness (QED) is 0.693. The van der Waals surface area contributed by atoms with Crippen molar-refractivity contribution in [2.75, 3.05) is 0 Å². The van der Waals surface area contributed by atoms with Crippen LogP contribution >= 0.6 is 0 Å². The third-order valence-corrected chi connectivity index (χ3v) is 1.89. The van der Waals surface area contributed by atoms with Crippen LogP contribution < -0.4 is 0 Å². The molecule has 5 heteroatoms. The zero-order valence-electron chi connectivity index (χ0n) is 10.0. The summed E-state index contributed by atoms with van der Waals surface area (Å²) in [7, 11) is 0. The molecule has 16 heavy (non-hydrogen) atoms. The Morgan fingerprint density at radius 1 is 1.44 bits per heavy atom. The molecule has 0 saturated carbocycles. The lowest BCUT2D eigenvalue weighted by molar-refractivity contribution is -0.147. The number of esters is 1. The first-order chi connectivity index (χ1) is 7.61. The topological polar surface area (TPSA) is 65.2 Å². The van der Waals surface area contributed by atoms with Gasteiger partial charge in [-0.3, -0.25) is 4.79 Å². The molecular formula is C11H18N2O3. The van der Waals surface area contributed by atoms with Crippen LogP contribution in [0, 0.1) is 0 Å². The van der Waals surface area contributed by atoms with E-state index in [2.05, 4.69) is 17.1 Å². The summed E-state index contributed by atoms with van der Waals surface area (Å²) in [5.41, 5.74) is 0. The van der Waals surface area contributed by atoms with Gasteiger partial charge in [0.2, 0.25) is 5.89 Å². The highest BCUT2D eigenvalue weighted by Crippen LogP contribution is 2.04. The number of aryl methyl sites for hydroxylation is 2. The van der Waals surface area contributed by atoms with Gasteiger partial charge in [0, 0.05) is 12.8 Å². The van der Waals surface area contributed by atoms with Crippen molar-refractivity contribution in [3.05, 3.63) is 11.7 Å². The molecule has 0 saturated heterocycles. The van der Waals surface area contributed by atoms with Crippen LogP contribution in [-0.2, 0) is 22.4 Å². The zero-order chi connectivity index (χ0) is 12.0. The van der Waals surface area contributed by atoms with Gasteiger partial charge in [-0.2, -0.15) is 4.98 Å². The fraction of sp³-hybridized carbons (Fsp3) is 0.727. The Hall–Kier alpha value is -1.39. The number of nitrogens with zero attached hydrogens (tertiary/aromatic N) is 2. The molecule has 0 aliphatic heterocycles. The maximum absolute atomic E-state index is 11.2. The van der Waals surface area contributed by atoms with Crippen LogP contribution in [0.5, 0.6) is 0 Å². The van der Waals surface area contributed by atoms with Gasteiger partial charge in [0.1, 0.15) is 0 Å². The van der Waals surface area contributed by atoms with Crippen LogP contribution in [-0.4, -0.2) is 22.2 Å². The molecule has 1 rings (SSSR count). The Balaban J connectivity index is 2.33. The Kier molecular flexibility index (Phi) is 4.95. The van der Waals surface area contributed by atoms with Gasteiger partial charge in [-0.15, -0.1) is 0 Å². The monoisotopic (exact) mass is 226 g/mol. The molecule has 0 bridgehead atoms. The molecule has 0 radical (unpaired) electrons. The van der Waals surface area contributed by atoms with Crippen LogP contribution in [0.4, 0.5) is 0 Å². The summed E-state index contributed by atoms with van der Waals surface area (Å²) < 4.78 is 10.0. The van der Waals surface area contributed by atoms with E-state index in [0.717, 1.165) is 12.8 Å². The Labute approximate surface area is 95.2 Å². The van der Waals surface area contributed by atoms with E-state index in [9.17, 15) is 4.79 Å². The second kappa shape index (κ2) is 6.25. The highest BCUT2D eigenvalue weighted by molar-refractivity contribution is 5.69. The molecule has 5 nitrogen and oxygen atoms in total. The first-order valence-electron chi connectivity index (χ1n) is 5.62. The predicted molar refractivity (Wildman–Crippen MR) is 57.8 cm³/mol. The van der Waals surface area contributed by atoms with E-state index in [0.29, 0.717) is 18.1 Å². The summed E-state index contributed by atoms with van der Waals surface area (Å²) in [4.78, 5) is 15.4. The number of aromatic nitrogens is 2. The van der Waals surface area contributed by atoms with Crippen molar-refractivity contribution in [1.29, 1.82) is 0 Å². The third-order valence-electron chi connectivity index (χ3n) is 1.89. The third kappa shape index (κ3) is 4.42. The number of carbonyl (C=O) groups is 1. The minimum Gasteiger partial charge on any atom is -0.463 e. The van der Waals surface area contributed by atoms with E-state index in [1.807, 2.05) is 13.8 Å². The van der Waals surface area contributed by atoms with Gasteiger partial charge in [-0.25, -0.2) is 0 Å². The van der Waals surface area contributed by atoms with Crippen LogP contribution in [0.3, 0.4) is 0 Å². The number of ether oxygens (including phenoxy) is 1. The molecule has 0 aromatic carbocycles. The van der Waals surface area contributed by atoms with Gasteiger partial charge in [0.05, 0.1) is 12.5 Å². The predicted octanol–water partition coefficient (Wildman–Crippen LogP) is 1.91. The van der Waals surface area contributed by atoms with Gasteiger partial charge in [0.15, 0.2) is 5.82 Å². The first-order valence-corrected chi connectivity index (χ1v) is 5.62. The minimum atomic E-state index is -0.231. The standard InChI is InChI=1S/C11H18N2O3/c1-4-5-9-12-10(16-13-9)6-7-11(14)15-8(2)3/h8H,4-7H2,1-3H3. The lowest BCUT2D eigenvalue weighted by atomic mass is 10.3. The summed E-state index contributed by atoms with van der Waals surface area (Å²) in [6.45, 7) is 5.70. The molecule has 0 aliphatic rings. The summed E-state index contributed by atoms with van der Waals surface area (Å²) in [6, 6.07) is 0. The second-order valence-corrected chi connectivity index (χ2v) is 3.89. The zero-order valence-corrected chi connectivity index (χ0v) is 10.0. The average molecular weight is 226 g/mol. The normalized spacial score (nSPS) is 10.8. The molecule has 0 fully saturated rings. The van der Waals surface area contributed by atoms with E-state index < -0.39 is 0 Å². The fourth-order valence-corrected chi connectivity index (χ4v) is 1.25. The number of rotatable bonds is 6. The molecule has 1 aromatic heterocycles. The molecule has 0 atom stereocenters. The molecule has 0 spiro atoms. The molecule has 0 amide bonds. The van der Waals surface area contributed by atoms with Crippen LogP contribution in [0.25, 0.3) is 0 Å². The molecule has 0 aliphatic carbocycles. The minimum absolute atomic E-state index is 0.0779. The highest BCUT2D eigenvalue weighted by atomic mass is 16.5. The summed E-state index contributed by atoms with van der Waals surface area (Å²) in [6.07, 6.45) is 2.44. The van der Waals surface area contributed by atoms with Crippen molar-refractivity contribution in [2.45, 2.75) is 52.6 Å². The van der Waals surface area contributed by atoms with Gasteiger partial charge >= 0.3 is 5.97 Å². The van der Waals surface area contributed by atoms with Crippen LogP contribution in [0.1, 0.15) is 45.3 Å². The van der Waals surface area contributed by atoms with Crippen molar-refractivity contribution >= 4 is 5.97 Å². The van der Waals surface area contributed by atoms with Crippen LogP contribution in [0.15, 0.2) is 4.52 Å². The van der Waals surface area contributed by atoms with Crippen LogP contribution in [0.2, 0.25) is 0 Å². The first kappa shape index (κ1) is 12.7. The van der Waals surface area contributed by atoms with Crippen molar-refractivity contribution < 1.29 is 14.1 Å². The van der Waals surface area contributed by atoms with Gasteiger partial charge < -0.3 is 9.26 Å². The van der Waals surface area contributed by atoms with E-state index >= 15 is 0 Å². The molecule has 0 unspecified atom stereocenters. The summed E-state index contributed by atoms with van der Waals surface area (Å²) >= 11 is 0. The largest absolute Gasteiger partial charge is 0.463 e. The summed E-state index contributed by atoms with van der Waals surface area (Å²) in [5, 5.41) is 3.81. The van der Waals surface area contributed by atoms with Crippen molar-refractivity contribution in [1.82, 2.24) is 10.1 Å². The molecule has 1 aromatic rings. The van der Waals surface area contributed by atoms with Crippen molar-refractivity contribution in [3.8, 4) is 0 Å². The molecule has 90 valence electrons. The number of hydrogen-bond donors (Lipinski definition) is 0. The Bertz CT molecular complexity index is 334. The van der Waals surface area contributed by atoms with E-state index in [1.54, 1.807) is 0 Å². The van der Waals surface area contributed by atoms with Gasteiger partial charge in [-0.05, 0) is 20.3 Å². The maximum Gasteiger partial charge on any atom is 0.306 e. The molecule has 0 N–H and O–H groups in total. The average Bonchev–Trinajstić information content (AvgIpc) is 2.62. The fourth-order valence-electron chi connectivity index (χ4n) is 1.25. The molecule has 1 heterocycles. The number of carbonyl (C=O) groups excluding carboxylic acids is 1. The smallest absolute Gasteiger partial charge is 0.306 e. The van der Waals surface area contributed by atoms with E-state index in [1.165, 1.54) is 0 Å². The van der Waals surface area contributed by atoms with Gasteiger partial charge in [0.25, 0.3) is 0 Å². The maximum atomic E-state index is 11.2. The highest BCUT2D eigenvalue weighted by Gasteiger charge is 2.10. The lowest BCUT2D eigenvalue weighted by Gasteiger charge is -2.05. The van der Waals surface area contributed by atoms with Gasteiger partial charge in [-0.1, -0.05) is 12.1 Å². The number of hydrogen-bond acceptors (Lipinski definition) is 5. The molecular weight excluding hydrogens is 208 g/mol. The Morgan fingerprint density at radius 2 is 2.19 bits per heavy atom.